The van der Waals surface area contributed by atoms with E-state index in [4.69, 9.17) is 0 Å². The fraction of sp³-hybridized carbons (Fsp3) is 0.448. The van der Waals surface area contributed by atoms with Gasteiger partial charge in [0.05, 0.1) is 11.3 Å². The maximum Gasteiger partial charge on any atom is 0.418 e. The van der Waals surface area contributed by atoms with E-state index in [1.54, 1.807) is 36.4 Å². The molecule has 216 valence electrons. The number of sulfonamides is 1. The highest BCUT2D eigenvalue weighted by atomic mass is 32.2. The minimum absolute atomic E-state index is 0.0750. The molecule has 1 aliphatic heterocycles. The van der Waals surface area contributed by atoms with E-state index in [9.17, 15) is 26.7 Å². The molecule has 0 radical (unpaired) electrons. The summed E-state index contributed by atoms with van der Waals surface area (Å²) < 4.78 is 71.0. The van der Waals surface area contributed by atoms with Crippen LogP contribution in [0.15, 0.2) is 59.6 Å². The highest BCUT2D eigenvalue weighted by Gasteiger charge is 2.35. The molecule has 1 aliphatic rings. The Morgan fingerprint density at radius 1 is 0.875 bits per heavy atom. The number of rotatable bonds is 4. The smallest absolute Gasteiger partial charge is 0.396 e. The molecule has 7 nitrogen and oxygen atoms in total. The lowest BCUT2D eigenvalue weighted by Gasteiger charge is -2.24. The Labute approximate surface area is 233 Å². The molecule has 0 saturated carbocycles. The minimum Gasteiger partial charge on any atom is -0.396 e. The number of nitrogens with one attached hydrogen (secondary N) is 1. The predicted octanol–water partition coefficient (Wildman–Crippen LogP) is 6.44. The summed E-state index contributed by atoms with van der Waals surface area (Å²) in [6.07, 6.45) is 3.02. The Balaban J connectivity index is 1.76. The van der Waals surface area contributed by atoms with Gasteiger partial charge in [-0.2, -0.15) is 21.6 Å². The van der Waals surface area contributed by atoms with Crippen LogP contribution in [0, 0.1) is 0 Å². The van der Waals surface area contributed by atoms with Crippen LogP contribution in [0.3, 0.4) is 0 Å². The summed E-state index contributed by atoms with van der Waals surface area (Å²) in [5.41, 5.74) is -0.149. The van der Waals surface area contributed by atoms with Gasteiger partial charge in [0.15, 0.2) is 5.03 Å². The van der Waals surface area contributed by atoms with Crippen LogP contribution in [0.1, 0.15) is 62.5 Å². The van der Waals surface area contributed by atoms with Crippen molar-refractivity contribution in [1.82, 2.24) is 9.97 Å². The Kier molecular flexibility index (Phi) is 10.0. The number of pyridine rings is 2. The van der Waals surface area contributed by atoms with Gasteiger partial charge in [0.1, 0.15) is 11.6 Å². The lowest BCUT2D eigenvalue weighted by Crippen LogP contribution is -2.27. The number of aryl methyl sites for hydroxylation is 1. The molecule has 0 atom stereocenters. The molecule has 4 bridgehead atoms. The molecule has 0 aliphatic carbocycles. The quantitative estimate of drug-likeness (QED) is 0.347. The molecule has 0 saturated heterocycles. The van der Waals surface area contributed by atoms with Gasteiger partial charge in [0.2, 0.25) is 0 Å². The van der Waals surface area contributed by atoms with Gasteiger partial charge in [-0.1, -0.05) is 56.0 Å². The second kappa shape index (κ2) is 13.5. The number of unbranched alkanes of at least 4 members (excludes halogenated alkanes) is 1. The number of fused-ring (bicyclic) bond motifs is 6. The molecule has 4 rings (SSSR count). The second-order valence-electron chi connectivity index (χ2n) is 9.98. The third kappa shape index (κ3) is 7.72. The van der Waals surface area contributed by atoms with Crippen molar-refractivity contribution in [1.29, 1.82) is 0 Å². The van der Waals surface area contributed by atoms with Crippen molar-refractivity contribution in [2.45, 2.75) is 69.0 Å². The van der Waals surface area contributed by atoms with Gasteiger partial charge in [-0.25, -0.2) is 9.97 Å². The van der Waals surface area contributed by atoms with E-state index in [-0.39, 0.29) is 23.1 Å². The summed E-state index contributed by atoms with van der Waals surface area (Å²) in [6.45, 7) is 1.39. The third-order valence-electron chi connectivity index (χ3n) is 6.98. The van der Waals surface area contributed by atoms with Crippen LogP contribution in [0.4, 0.5) is 24.8 Å². The number of anilines is 2. The van der Waals surface area contributed by atoms with E-state index in [0.29, 0.717) is 37.3 Å². The van der Waals surface area contributed by atoms with Crippen molar-refractivity contribution < 1.29 is 26.7 Å². The van der Waals surface area contributed by atoms with Crippen LogP contribution >= 0.6 is 0 Å². The molecule has 11 heteroatoms. The van der Waals surface area contributed by atoms with E-state index >= 15 is 0 Å². The van der Waals surface area contributed by atoms with Gasteiger partial charge < -0.3 is 10.0 Å². The van der Waals surface area contributed by atoms with E-state index in [2.05, 4.69) is 14.7 Å². The number of aliphatic hydroxyl groups is 1. The lowest BCUT2D eigenvalue weighted by molar-refractivity contribution is -0.137. The predicted molar refractivity (Wildman–Crippen MR) is 150 cm³/mol. The Morgan fingerprint density at radius 3 is 2.40 bits per heavy atom. The van der Waals surface area contributed by atoms with Crippen molar-refractivity contribution in [3.05, 3.63) is 65.7 Å². The van der Waals surface area contributed by atoms with Crippen LogP contribution in [-0.2, 0) is 22.6 Å². The van der Waals surface area contributed by atoms with Crippen molar-refractivity contribution in [3.63, 3.8) is 0 Å². The standard InChI is InChI=1S/C29H35F3N4O3S/c30-29(31,32)24-17-18-25-33-28(24)23-14-7-6-13-22(23)12-5-3-1-2-4-8-19-36(20-9-10-21-37)26-15-11-16-27(34-26)40(38,39)35-25/h6-7,11,13-18,37H,1-5,8-10,12,19-21H2,(H,33,35). The first-order valence-corrected chi connectivity index (χ1v) is 15.2. The molecule has 3 heterocycles. The average molecular weight is 577 g/mol. The van der Waals surface area contributed by atoms with Gasteiger partial charge in [0, 0.05) is 25.3 Å². The number of halogens is 3. The lowest BCUT2D eigenvalue weighted by atomic mass is 9.96. The number of aromatic nitrogens is 2. The molecule has 40 heavy (non-hydrogen) atoms. The summed E-state index contributed by atoms with van der Waals surface area (Å²) >= 11 is 0. The van der Waals surface area contributed by atoms with E-state index in [1.807, 2.05) is 4.90 Å². The molecular weight excluding hydrogens is 541 g/mol. The van der Waals surface area contributed by atoms with Crippen molar-refractivity contribution in [3.8, 4) is 11.3 Å². The van der Waals surface area contributed by atoms with Gasteiger partial charge in [-0.05, 0) is 61.9 Å². The van der Waals surface area contributed by atoms with Crippen molar-refractivity contribution in [2.75, 3.05) is 29.3 Å². The fourth-order valence-electron chi connectivity index (χ4n) is 4.92. The van der Waals surface area contributed by atoms with E-state index in [0.717, 1.165) is 62.6 Å². The van der Waals surface area contributed by atoms with Crippen molar-refractivity contribution in [2.24, 2.45) is 0 Å². The van der Waals surface area contributed by atoms with Gasteiger partial charge in [-0.15, -0.1) is 0 Å². The molecular formula is C29H35F3N4O3S. The second-order valence-corrected chi connectivity index (χ2v) is 11.6. The highest BCUT2D eigenvalue weighted by molar-refractivity contribution is 7.92. The molecule has 0 fully saturated rings. The number of hydrogen-bond acceptors (Lipinski definition) is 6. The Hall–Kier alpha value is -3.18. The zero-order valence-corrected chi connectivity index (χ0v) is 23.1. The molecule has 0 amide bonds. The molecule has 0 unspecified atom stereocenters. The maximum absolute atomic E-state index is 14.0. The van der Waals surface area contributed by atoms with Gasteiger partial charge in [0.25, 0.3) is 10.0 Å². The number of benzene rings is 1. The minimum atomic E-state index is -4.67. The summed E-state index contributed by atoms with van der Waals surface area (Å²) in [6, 6.07) is 13.4. The highest BCUT2D eigenvalue weighted by Crippen LogP contribution is 2.38. The van der Waals surface area contributed by atoms with E-state index < -0.39 is 21.8 Å². The summed E-state index contributed by atoms with van der Waals surface area (Å²) in [5, 5.41) is 8.96. The summed E-state index contributed by atoms with van der Waals surface area (Å²) in [5.74, 6) is 0.274. The van der Waals surface area contributed by atoms with Crippen molar-refractivity contribution >= 4 is 21.7 Å². The molecule has 1 aromatic carbocycles. The number of aliphatic hydroxyl groups excluding tert-OH is 1. The number of hydrogen-bond donors (Lipinski definition) is 2. The monoisotopic (exact) mass is 576 g/mol. The zero-order valence-electron chi connectivity index (χ0n) is 22.3. The number of alkyl halides is 3. The molecule has 2 N–H and O–H groups in total. The van der Waals surface area contributed by atoms with Crippen LogP contribution in [-0.4, -0.2) is 43.2 Å². The SMILES string of the molecule is O=S1(=O)Nc2ccc(C(F)(F)F)c(n2)-c2ccccc2CCCCCCCCN(CCCCO)c2cccc1n2. The molecule has 0 spiro atoms. The van der Waals surface area contributed by atoms with Gasteiger partial charge >= 0.3 is 6.18 Å². The topological polar surface area (TPSA) is 95.4 Å². The van der Waals surface area contributed by atoms with Crippen LogP contribution in [0.2, 0.25) is 0 Å². The van der Waals surface area contributed by atoms with Gasteiger partial charge in [-0.3, -0.25) is 4.72 Å². The largest absolute Gasteiger partial charge is 0.418 e. The van der Waals surface area contributed by atoms with Crippen LogP contribution < -0.4 is 9.62 Å². The molecule has 2 aromatic heterocycles. The Morgan fingerprint density at radius 2 is 1.62 bits per heavy atom. The first-order valence-electron chi connectivity index (χ1n) is 13.7. The fourth-order valence-corrected chi connectivity index (χ4v) is 5.88. The first kappa shape index (κ1) is 29.8. The zero-order chi connectivity index (χ0) is 28.6. The maximum atomic E-state index is 14.0. The summed E-state index contributed by atoms with van der Waals surface area (Å²) in [4.78, 5) is 10.6. The van der Waals surface area contributed by atoms with E-state index in [1.165, 1.54) is 6.07 Å². The van der Waals surface area contributed by atoms with Crippen LogP contribution in [0.5, 0.6) is 0 Å². The normalized spacial score (nSPS) is 16.6. The summed E-state index contributed by atoms with van der Waals surface area (Å²) in [7, 11) is -4.25. The third-order valence-corrected chi connectivity index (χ3v) is 8.24. The number of nitrogens with zero attached hydrogens (tertiary/aromatic N) is 3. The Bertz CT molecular complexity index is 1380. The van der Waals surface area contributed by atoms with Crippen LogP contribution in [0.25, 0.3) is 11.3 Å². The molecule has 3 aromatic rings. The average Bonchev–Trinajstić information content (AvgIpc) is 2.92. The first-order chi connectivity index (χ1) is 19.2.